The number of rotatable bonds is 0. The molecular formula is C12H18Br2Zn2-2. The maximum absolute atomic E-state index is 2.89. The Kier molecular flexibility index (Phi) is 35.4. The SMILES string of the molecule is Br.Br.[CH-]1CCCCC1.[Zn].[Zn].[c-]1ccccc1. The molecule has 0 aliphatic heterocycles. The van der Waals surface area contributed by atoms with Gasteiger partial charge in [-0.15, -0.1) is 34.0 Å². The van der Waals surface area contributed by atoms with E-state index in [9.17, 15) is 0 Å². The van der Waals surface area contributed by atoms with Crippen LogP contribution in [0.15, 0.2) is 30.3 Å². The fraction of sp³-hybridized carbons (Fsp3) is 0.417. The molecule has 16 heavy (non-hydrogen) atoms. The van der Waals surface area contributed by atoms with Crippen LogP contribution in [0.1, 0.15) is 32.1 Å². The molecule has 1 saturated carbocycles. The van der Waals surface area contributed by atoms with Crippen molar-refractivity contribution in [1.82, 2.24) is 0 Å². The van der Waals surface area contributed by atoms with Gasteiger partial charge in [-0.1, -0.05) is 19.3 Å². The summed E-state index contributed by atoms with van der Waals surface area (Å²) in [5, 5.41) is 0. The van der Waals surface area contributed by atoms with Crippen molar-refractivity contribution in [2.24, 2.45) is 0 Å². The molecule has 0 nitrogen and oxygen atoms in total. The van der Waals surface area contributed by atoms with Crippen molar-refractivity contribution >= 4 is 34.0 Å². The molecule has 0 aromatic heterocycles. The maximum atomic E-state index is 2.89. The molecule has 1 aliphatic carbocycles. The minimum Gasteiger partial charge on any atom is -0.328 e. The van der Waals surface area contributed by atoms with Crippen LogP contribution in [0.5, 0.6) is 0 Å². The molecule has 0 amide bonds. The van der Waals surface area contributed by atoms with Gasteiger partial charge in [0.05, 0.1) is 0 Å². The molecule has 0 saturated heterocycles. The molecule has 2 rings (SSSR count). The van der Waals surface area contributed by atoms with E-state index >= 15 is 0 Å². The standard InChI is InChI=1S/C6H11.C6H5.2BrH.2Zn/c2*1-2-4-6-5-3-1;;;;/h1H,2-6H2;1-5H;2*1H;;/q2*-1;;;;. The monoisotopic (exact) mass is 448 g/mol. The summed E-state index contributed by atoms with van der Waals surface area (Å²) in [5.41, 5.74) is 0. The molecule has 0 radical (unpaired) electrons. The van der Waals surface area contributed by atoms with Crippen molar-refractivity contribution in [3.05, 3.63) is 42.8 Å². The Morgan fingerprint density at radius 1 is 0.750 bits per heavy atom. The summed E-state index contributed by atoms with van der Waals surface area (Å²) in [6.07, 6.45) is 9.50. The summed E-state index contributed by atoms with van der Waals surface area (Å²) < 4.78 is 0. The van der Waals surface area contributed by atoms with Crippen LogP contribution in [0, 0.1) is 12.5 Å². The van der Waals surface area contributed by atoms with E-state index < -0.39 is 0 Å². The van der Waals surface area contributed by atoms with Crippen LogP contribution in [0.25, 0.3) is 0 Å². The third-order valence-corrected chi connectivity index (χ3v) is 1.92. The molecule has 1 aromatic carbocycles. The van der Waals surface area contributed by atoms with Gasteiger partial charge in [0.15, 0.2) is 0 Å². The van der Waals surface area contributed by atoms with Crippen LogP contribution < -0.4 is 0 Å². The van der Waals surface area contributed by atoms with Gasteiger partial charge in [-0.25, -0.2) is 0 Å². The van der Waals surface area contributed by atoms with Gasteiger partial charge in [0.25, 0.3) is 0 Å². The number of hydrogen-bond acceptors (Lipinski definition) is 0. The van der Waals surface area contributed by atoms with Gasteiger partial charge >= 0.3 is 0 Å². The fourth-order valence-electron chi connectivity index (χ4n) is 1.24. The van der Waals surface area contributed by atoms with Gasteiger partial charge in [0, 0.05) is 39.0 Å². The van der Waals surface area contributed by atoms with Crippen molar-refractivity contribution in [1.29, 1.82) is 0 Å². The van der Waals surface area contributed by atoms with Crippen LogP contribution in [0.3, 0.4) is 0 Å². The number of hydrogen-bond donors (Lipinski definition) is 0. The van der Waals surface area contributed by atoms with Crippen LogP contribution in [0.2, 0.25) is 0 Å². The van der Waals surface area contributed by atoms with E-state index in [1.54, 1.807) is 0 Å². The summed E-state index contributed by atoms with van der Waals surface area (Å²) >= 11 is 0. The Bertz CT molecular complexity index is 141. The van der Waals surface area contributed by atoms with Crippen LogP contribution in [-0.2, 0) is 39.0 Å². The van der Waals surface area contributed by atoms with Crippen molar-refractivity contribution in [2.45, 2.75) is 32.1 Å². The summed E-state index contributed by atoms with van der Waals surface area (Å²) in [5.74, 6) is 0. The van der Waals surface area contributed by atoms with E-state index in [0.29, 0.717) is 0 Å². The second-order valence-electron chi connectivity index (χ2n) is 3.00. The molecule has 1 aromatic rings. The van der Waals surface area contributed by atoms with E-state index in [0.717, 1.165) is 0 Å². The minimum atomic E-state index is 0. The molecule has 86 valence electrons. The first-order valence-corrected chi connectivity index (χ1v) is 4.73. The third-order valence-electron chi connectivity index (χ3n) is 1.92. The molecule has 1 aliphatic rings. The second-order valence-corrected chi connectivity index (χ2v) is 3.00. The average Bonchev–Trinajstić information content (AvgIpc) is 2.24. The van der Waals surface area contributed by atoms with E-state index in [-0.39, 0.29) is 72.9 Å². The minimum absolute atomic E-state index is 0. The largest absolute Gasteiger partial charge is 0.328 e. The van der Waals surface area contributed by atoms with E-state index in [1.807, 2.05) is 30.3 Å². The Balaban J connectivity index is -0.0000000720. The Labute approximate surface area is 146 Å². The first-order chi connectivity index (χ1) is 6.00. The van der Waals surface area contributed by atoms with Gasteiger partial charge in [-0.3, -0.25) is 0 Å². The predicted molar refractivity (Wildman–Crippen MR) is 73.3 cm³/mol. The second kappa shape index (κ2) is 21.7. The topological polar surface area (TPSA) is 0 Å². The van der Waals surface area contributed by atoms with Crippen molar-refractivity contribution < 1.29 is 39.0 Å². The van der Waals surface area contributed by atoms with Crippen molar-refractivity contribution in [3.8, 4) is 0 Å². The Morgan fingerprint density at radius 2 is 1.25 bits per heavy atom. The summed E-state index contributed by atoms with van der Waals surface area (Å²) in [7, 11) is 0. The Hall–Kier alpha value is 1.43. The van der Waals surface area contributed by atoms with Crippen molar-refractivity contribution in [2.75, 3.05) is 0 Å². The zero-order valence-electron chi connectivity index (χ0n) is 9.73. The molecule has 0 heterocycles. The van der Waals surface area contributed by atoms with Crippen molar-refractivity contribution in [3.63, 3.8) is 0 Å². The first kappa shape index (κ1) is 26.1. The van der Waals surface area contributed by atoms with E-state index in [4.69, 9.17) is 0 Å². The molecule has 0 bridgehead atoms. The average molecular weight is 453 g/mol. The predicted octanol–water partition coefficient (Wildman–Crippen LogP) is 4.79. The molecule has 0 unspecified atom stereocenters. The molecule has 1 fully saturated rings. The zero-order chi connectivity index (χ0) is 8.49. The zero-order valence-corrected chi connectivity index (χ0v) is 19.1. The van der Waals surface area contributed by atoms with Crippen LogP contribution in [0.4, 0.5) is 0 Å². The van der Waals surface area contributed by atoms with Gasteiger partial charge in [-0.2, -0.15) is 49.2 Å². The first-order valence-electron chi connectivity index (χ1n) is 4.73. The molecule has 0 spiro atoms. The maximum Gasteiger partial charge on any atom is 0 e. The summed E-state index contributed by atoms with van der Waals surface area (Å²) in [4.78, 5) is 0. The van der Waals surface area contributed by atoms with Gasteiger partial charge in [0.1, 0.15) is 0 Å². The molecule has 0 N–H and O–H groups in total. The smallest absolute Gasteiger partial charge is 0 e. The van der Waals surface area contributed by atoms with Crippen LogP contribution in [-0.4, -0.2) is 0 Å². The molecule has 0 atom stereocenters. The summed E-state index contributed by atoms with van der Waals surface area (Å²) in [6, 6.07) is 12.5. The van der Waals surface area contributed by atoms with E-state index in [1.165, 1.54) is 32.1 Å². The van der Waals surface area contributed by atoms with Gasteiger partial charge in [-0.05, 0) is 0 Å². The molecule has 4 heteroatoms. The normalized spacial score (nSPS) is 12.0. The third kappa shape index (κ3) is 17.8. The Morgan fingerprint density at radius 3 is 1.38 bits per heavy atom. The quantitative estimate of drug-likeness (QED) is 0.392. The van der Waals surface area contributed by atoms with Gasteiger partial charge in [0.2, 0.25) is 0 Å². The number of benzene rings is 1. The number of halogens is 2. The molecular weight excluding hydrogens is 435 g/mol. The van der Waals surface area contributed by atoms with E-state index in [2.05, 4.69) is 12.5 Å². The summed E-state index contributed by atoms with van der Waals surface area (Å²) in [6.45, 7) is 0. The fourth-order valence-corrected chi connectivity index (χ4v) is 1.24. The van der Waals surface area contributed by atoms with Gasteiger partial charge < -0.3 is 6.42 Å². The van der Waals surface area contributed by atoms with Crippen LogP contribution >= 0.6 is 34.0 Å².